The molecule has 3 aromatic heterocycles. The predicted molar refractivity (Wildman–Crippen MR) is 198 cm³/mol. The Morgan fingerprint density at radius 1 is 0.929 bits per heavy atom. The fraction of sp³-hybridized carbons (Fsp3) is 0.600. The van der Waals surface area contributed by atoms with Crippen molar-refractivity contribution in [1.82, 2.24) is 15.0 Å². The highest BCUT2D eigenvalue weighted by molar-refractivity contribution is 9.11. The number of aryl methyl sites for hydroxylation is 3. The smallest absolute Gasteiger partial charge is 0.123 e. The van der Waals surface area contributed by atoms with E-state index in [-0.39, 0.29) is 0 Å². The lowest BCUT2D eigenvalue weighted by Gasteiger charge is -2.01. The monoisotopic (exact) mass is 774 g/mol. The first-order valence-corrected chi connectivity index (χ1v) is 19.1. The third-order valence-corrected chi connectivity index (χ3v) is 10.0. The van der Waals surface area contributed by atoms with Crippen molar-refractivity contribution in [2.45, 2.75) is 97.4 Å². The molecule has 42 heavy (non-hydrogen) atoms. The van der Waals surface area contributed by atoms with Gasteiger partial charge >= 0.3 is 0 Å². The number of aromatic nitrogens is 3. The van der Waals surface area contributed by atoms with Gasteiger partial charge in [0.15, 0.2) is 0 Å². The molecule has 232 valence electrons. The van der Waals surface area contributed by atoms with E-state index in [1.165, 1.54) is 71.2 Å². The molecule has 0 aliphatic heterocycles. The Labute approximate surface area is 288 Å². The summed E-state index contributed by atoms with van der Waals surface area (Å²) in [6, 6.07) is 4.39. The van der Waals surface area contributed by atoms with Gasteiger partial charge in [0, 0.05) is 18.0 Å². The van der Waals surface area contributed by atoms with Crippen LogP contribution in [0.4, 0.5) is 0 Å². The first-order valence-electron chi connectivity index (χ1n) is 14.6. The fourth-order valence-electron chi connectivity index (χ4n) is 3.92. The van der Waals surface area contributed by atoms with Crippen LogP contribution in [0, 0.1) is 12.3 Å². The number of rotatable bonds is 17. The molecule has 3 rings (SSSR count). The van der Waals surface area contributed by atoms with Gasteiger partial charge in [0.1, 0.15) is 5.69 Å². The molecule has 0 aliphatic carbocycles. The third kappa shape index (κ3) is 16.8. The Kier molecular flexibility index (Phi) is 23.6. The molecule has 0 radical (unpaired) electrons. The highest BCUT2D eigenvalue weighted by Gasteiger charge is 2.13. The minimum Gasteiger partial charge on any atom is -0.252 e. The van der Waals surface area contributed by atoms with Crippen LogP contribution in [-0.4, -0.2) is 33.0 Å². The Hall–Kier alpha value is -0.930. The molecule has 12 heteroatoms. The highest BCUT2D eigenvalue weighted by Crippen LogP contribution is 2.35. The number of thiophene rings is 2. The van der Waals surface area contributed by atoms with E-state index in [4.69, 9.17) is 12.0 Å². The molecule has 3 aromatic rings. The van der Waals surface area contributed by atoms with Crippen LogP contribution in [-0.2, 0) is 19.4 Å². The van der Waals surface area contributed by atoms with Crippen molar-refractivity contribution in [3.05, 3.63) is 52.3 Å². The number of unbranched alkanes of at least 4 members (excludes halogenated alkanes) is 6. The van der Waals surface area contributed by atoms with E-state index in [0.29, 0.717) is 6.54 Å². The zero-order valence-electron chi connectivity index (χ0n) is 24.8. The summed E-state index contributed by atoms with van der Waals surface area (Å²) in [5.41, 5.74) is 11.4. The summed E-state index contributed by atoms with van der Waals surface area (Å²) in [7, 11) is 0. The standard InChI is InChI=1S/C15H22BrN3S2.C12H15BrS.C3H7N3S/c1-2-3-4-5-7-12-10-14(16)21-15(12)13-11-19(18-17-13)8-6-9-20;1-3-5-6-7-8-10-9-12(13)14-11(10)4-2;4-6-5-2-1-3-7/h10-11,20H,2-9H2,1H3;2,9H,3,5-8H2,1H3;7H,1-3H2. The molecule has 0 aromatic carbocycles. The summed E-state index contributed by atoms with van der Waals surface area (Å²) in [6.45, 7) is 5.93. The minimum absolute atomic E-state index is 0.569. The van der Waals surface area contributed by atoms with Crippen LogP contribution in [0.1, 0.15) is 94.1 Å². The fourth-order valence-corrected chi connectivity index (χ4v) is 7.36. The average molecular weight is 777 g/mol. The molecule has 0 aliphatic rings. The van der Waals surface area contributed by atoms with Crippen LogP contribution < -0.4 is 0 Å². The predicted octanol–water partition coefficient (Wildman–Crippen LogP) is 11.4. The Balaban J connectivity index is 0.000000361. The highest BCUT2D eigenvalue weighted by atomic mass is 79.9. The topological polar surface area (TPSA) is 79.5 Å². The number of thiol groups is 2. The molecule has 0 amide bonds. The number of hydrogen-bond acceptors (Lipinski definition) is 7. The average Bonchev–Trinajstić information content (AvgIpc) is 3.71. The van der Waals surface area contributed by atoms with Crippen LogP contribution >= 0.6 is 79.8 Å². The molecule has 0 N–H and O–H groups in total. The molecule has 0 atom stereocenters. The zero-order valence-corrected chi connectivity index (χ0v) is 31.4. The molecule has 0 spiro atoms. The van der Waals surface area contributed by atoms with Gasteiger partial charge in [0.25, 0.3) is 0 Å². The number of halogens is 2. The number of hydrogen-bond donors (Lipinski definition) is 2. The molecule has 0 saturated carbocycles. The molecular formula is C30H44Br2N6S4. The SMILES string of the molecule is C#Cc1sc(Br)cc1CCCCCC.CCCCCCc1cc(Br)sc1-c1cn(CCCS)nn1.[N-]=[N+]=NCCCS. The molecule has 0 fully saturated rings. The van der Waals surface area contributed by atoms with Gasteiger partial charge in [0.2, 0.25) is 0 Å². The second-order valence-corrected chi connectivity index (χ2v) is 15.3. The van der Waals surface area contributed by atoms with E-state index in [0.717, 1.165) is 58.1 Å². The quantitative estimate of drug-likeness (QED) is 0.0358. The van der Waals surface area contributed by atoms with Gasteiger partial charge in [-0.1, -0.05) is 68.6 Å². The minimum atomic E-state index is 0.569. The number of nitrogens with zero attached hydrogens (tertiary/aromatic N) is 6. The Bertz CT molecular complexity index is 1210. The maximum absolute atomic E-state index is 7.73. The Morgan fingerprint density at radius 3 is 2.14 bits per heavy atom. The van der Waals surface area contributed by atoms with E-state index in [1.54, 1.807) is 22.7 Å². The lowest BCUT2D eigenvalue weighted by Crippen LogP contribution is -1.98. The molecule has 3 heterocycles. The van der Waals surface area contributed by atoms with Crippen LogP contribution in [0.5, 0.6) is 0 Å². The maximum Gasteiger partial charge on any atom is 0.123 e. The third-order valence-electron chi connectivity index (χ3n) is 6.08. The first-order chi connectivity index (χ1) is 20.4. The zero-order chi connectivity index (χ0) is 31.0. The summed E-state index contributed by atoms with van der Waals surface area (Å²) < 4.78 is 4.24. The number of azide groups is 1. The molecule has 0 unspecified atom stereocenters. The summed E-state index contributed by atoms with van der Waals surface area (Å²) in [5.74, 6) is 4.41. The second kappa shape index (κ2) is 25.4. The molecule has 0 bridgehead atoms. The van der Waals surface area contributed by atoms with Gasteiger partial charge in [-0.15, -0.1) is 34.2 Å². The largest absolute Gasteiger partial charge is 0.252 e. The van der Waals surface area contributed by atoms with Crippen molar-refractivity contribution >= 4 is 79.8 Å². The van der Waals surface area contributed by atoms with Crippen molar-refractivity contribution in [3.63, 3.8) is 0 Å². The van der Waals surface area contributed by atoms with Crippen LogP contribution in [0.3, 0.4) is 0 Å². The first kappa shape index (κ1) is 39.1. The van der Waals surface area contributed by atoms with Gasteiger partial charge in [-0.3, -0.25) is 4.68 Å². The summed E-state index contributed by atoms with van der Waals surface area (Å²) >= 11 is 18.6. The maximum atomic E-state index is 7.73. The van der Waals surface area contributed by atoms with E-state index in [2.05, 4.69) is 116 Å². The molecule has 6 nitrogen and oxygen atoms in total. The van der Waals surface area contributed by atoms with Gasteiger partial charge < -0.3 is 0 Å². The lowest BCUT2D eigenvalue weighted by atomic mass is 10.1. The van der Waals surface area contributed by atoms with Gasteiger partial charge in [-0.25, -0.2) is 0 Å². The van der Waals surface area contributed by atoms with E-state index >= 15 is 0 Å². The van der Waals surface area contributed by atoms with Crippen LogP contribution in [0.2, 0.25) is 0 Å². The Morgan fingerprint density at radius 2 is 1.55 bits per heavy atom. The number of terminal acetylenes is 1. The van der Waals surface area contributed by atoms with E-state index in [1.807, 2.05) is 4.68 Å². The van der Waals surface area contributed by atoms with Crippen molar-refractivity contribution in [2.75, 3.05) is 18.1 Å². The van der Waals surface area contributed by atoms with E-state index in [9.17, 15) is 0 Å². The summed E-state index contributed by atoms with van der Waals surface area (Å²) in [6.07, 6.45) is 22.0. The normalized spacial score (nSPS) is 10.2. The van der Waals surface area contributed by atoms with Crippen molar-refractivity contribution < 1.29 is 0 Å². The van der Waals surface area contributed by atoms with Crippen molar-refractivity contribution in [3.8, 4) is 22.9 Å². The van der Waals surface area contributed by atoms with Crippen LogP contribution in [0.15, 0.2) is 31.0 Å². The summed E-state index contributed by atoms with van der Waals surface area (Å²) in [5, 5.41) is 11.8. The van der Waals surface area contributed by atoms with Crippen molar-refractivity contribution in [2.24, 2.45) is 5.11 Å². The summed E-state index contributed by atoms with van der Waals surface area (Å²) in [4.78, 5) is 4.92. The lowest BCUT2D eigenvalue weighted by molar-refractivity contribution is 0.582. The second-order valence-electron chi connectivity index (χ2n) is 9.55. The van der Waals surface area contributed by atoms with Gasteiger partial charge in [0.05, 0.1) is 23.5 Å². The van der Waals surface area contributed by atoms with Crippen LogP contribution in [0.25, 0.3) is 21.0 Å². The van der Waals surface area contributed by atoms with E-state index < -0.39 is 0 Å². The van der Waals surface area contributed by atoms with Gasteiger partial charge in [-0.05, 0) is 111 Å². The molecular weight excluding hydrogens is 732 g/mol. The van der Waals surface area contributed by atoms with Gasteiger partial charge in [-0.2, -0.15) is 25.3 Å². The molecule has 0 saturated heterocycles. The van der Waals surface area contributed by atoms with Crippen molar-refractivity contribution in [1.29, 1.82) is 0 Å².